The zero-order valence-electron chi connectivity index (χ0n) is 12.9. The molecule has 1 saturated heterocycles. The molecule has 0 radical (unpaired) electrons. The number of carbonyl (C=O) groups is 1. The first kappa shape index (κ1) is 15.5. The minimum atomic E-state index is -3.57. The lowest BCUT2D eigenvalue weighted by Crippen LogP contribution is -2.47. The molecule has 3 rings (SSSR count). The second-order valence-electron chi connectivity index (χ2n) is 6.14. The van der Waals surface area contributed by atoms with E-state index in [1.54, 1.807) is 36.5 Å². The number of ketones is 1. The van der Waals surface area contributed by atoms with Crippen molar-refractivity contribution in [1.82, 2.24) is 4.31 Å². The Bertz CT molecular complexity index is 694. The Morgan fingerprint density at radius 1 is 1.27 bits per heavy atom. The highest BCUT2D eigenvalue weighted by Gasteiger charge is 2.44. The maximum absolute atomic E-state index is 13.0. The minimum absolute atomic E-state index is 0.159. The molecule has 5 nitrogen and oxygen atoms in total. The van der Waals surface area contributed by atoms with Gasteiger partial charge in [-0.3, -0.25) is 4.79 Å². The molecule has 0 aromatic heterocycles. The lowest BCUT2D eigenvalue weighted by atomic mass is 10.00. The second-order valence-corrected chi connectivity index (χ2v) is 8.00. The number of hydrogen-bond donors (Lipinski definition) is 0. The summed E-state index contributed by atoms with van der Waals surface area (Å²) in [6, 6.07) is 4.84. The van der Waals surface area contributed by atoms with E-state index in [-0.39, 0.29) is 11.8 Å². The molecule has 2 aliphatic rings. The van der Waals surface area contributed by atoms with Crippen molar-refractivity contribution in [3.8, 4) is 5.75 Å². The number of nitrogens with zero attached hydrogens (tertiary/aromatic N) is 1. The lowest BCUT2D eigenvalue weighted by molar-refractivity contribution is -0.122. The van der Waals surface area contributed by atoms with Crippen LogP contribution >= 0.6 is 0 Å². The molecule has 1 aliphatic carbocycles. The summed E-state index contributed by atoms with van der Waals surface area (Å²) in [5.41, 5.74) is 0.672. The number of sulfonamides is 1. The standard InChI is InChI=1S/C16H21NO4S/c1-11-9-14(21-2)5-6-16(11)22(19,20)17-8-7-13(18)10-15(17)12-3-4-12/h5-6,9,12,15H,3-4,7-8,10H2,1-2H3/t15-/m0/s1. The highest BCUT2D eigenvalue weighted by molar-refractivity contribution is 7.89. The number of ether oxygens (including phenoxy) is 1. The quantitative estimate of drug-likeness (QED) is 0.851. The van der Waals surface area contributed by atoms with E-state index in [9.17, 15) is 13.2 Å². The fourth-order valence-corrected chi connectivity index (χ4v) is 5.08. The van der Waals surface area contributed by atoms with Crippen LogP contribution in [0.2, 0.25) is 0 Å². The smallest absolute Gasteiger partial charge is 0.243 e. The van der Waals surface area contributed by atoms with E-state index in [2.05, 4.69) is 0 Å². The summed E-state index contributed by atoms with van der Waals surface area (Å²) < 4.78 is 32.8. The molecule has 0 N–H and O–H groups in total. The molecule has 0 unspecified atom stereocenters. The Morgan fingerprint density at radius 3 is 2.59 bits per heavy atom. The molecule has 0 spiro atoms. The normalized spacial score (nSPS) is 23.5. The molecule has 2 fully saturated rings. The number of Topliss-reactive ketones (excluding diaryl/α,β-unsaturated/α-hetero) is 1. The van der Waals surface area contributed by atoms with Gasteiger partial charge in [0.05, 0.1) is 12.0 Å². The lowest BCUT2D eigenvalue weighted by Gasteiger charge is -2.34. The van der Waals surface area contributed by atoms with Gasteiger partial charge in [-0.1, -0.05) is 0 Å². The number of aryl methyl sites for hydroxylation is 1. The molecule has 6 heteroatoms. The molecule has 1 aromatic rings. The van der Waals surface area contributed by atoms with Gasteiger partial charge in [0, 0.05) is 25.4 Å². The van der Waals surface area contributed by atoms with Crippen molar-refractivity contribution in [2.75, 3.05) is 13.7 Å². The number of methoxy groups -OCH3 is 1. The summed E-state index contributed by atoms with van der Waals surface area (Å²) in [6.45, 7) is 2.07. The van der Waals surface area contributed by atoms with Gasteiger partial charge < -0.3 is 4.74 Å². The van der Waals surface area contributed by atoms with Crippen LogP contribution in [-0.2, 0) is 14.8 Å². The topological polar surface area (TPSA) is 63.7 Å². The highest BCUT2D eigenvalue weighted by atomic mass is 32.2. The van der Waals surface area contributed by atoms with E-state index in [4.69, 9.17) is 4.74 Å². The molecule has 1 aliphatic heterocycles. The van der Waals surface area contributed by atoms with Crippen molar-refractivity contribution in [1.29, 1.82) is 0 Å². The second kappa shape index (κ2) is 5.66. The first-order valence-electron chi connectivity index (χ1n) is 7.61. The van der Waals surface area contributed by atoms with Crippen LogP contribution < -0.4 is 4.74 Å². The van der Waals surface area contributed by atoms with Crippen LogP contribution in [0, 0.1) is 12.8 Å². The van der Waals surface area contributed by atoms with Gasteiger partial charge in [-0.15, -0.1) is 0 Å². The highest BCUT2D eigenvalue weighted by Crippen LogP contribution is 2.41. The number of hydrogen-bond acceptors (Lipinski definition) is 4. The summed E-state index contributed by atoms with van der Waals surface area (Å²) in [6.07, 6.45) is 2.72. The summed E-state index contributed by atoms with van der Waals surface area (Å²) >= 11 is 0. The summed E-state index contributed by atoms with van der Waals surface area (Å²) in [5.74, 6) is 1.16. The Kier molecular flexibility index (Phi) is 3.99. The fourth-order valence-electron chi connectivity index (χ4n) is 3.18. The monoisotopic (exact) mass is 323 g/mol. The van der Waals surface area contributed by atoms with E-state index in [0.29, 0.717) is 41.5 Å². The van der Waals surface area contributed by atoms with Crippen molar-refractivity contribution < 1.29 is 17.9 Å². The van der Waals surface area contributed by atoms with E-state index in [1.165, 1.54) is 0 Å². The predicted molar refractivity (Wildman–Crippen MR) is 82.4 cm³/mol. The van der Waals surface area contributed by atoms with Crippen molar-refractivity contribution >= 4 is 15.8 Å². The van der Waals surface area contributed by atoms with E-state index >= 15 is 0 Å². The van der Waals surface area contributed by atoms with Gasteiger partial charge in [0.1, 0.15) is 11.5 Å². The first-order chi connectivity index (χ1) is 10.4. The van der Waals surface area contributed by atoms with Crippen LogP contribution in [0.15, 0.2) is 23.1 Å². The van der Waals surface area contributed by atoms with Gasteiger partial charge >= 0.3 is 0 Å². The first-order valence-corrected chi connectivity index (χ1v) is 9.05. The van der Waals surface area contributed by atoms with Crippen LogP contribution in [0.4, 0.5) is 0 Å². The molecule has 120 valence electrons. The van der Waals surface area contributed by atoms with Crippen LogP contribution in [0.3, 0.4) is 0 Å². The number of piperidine rings is 1. The Hall–Kier alpha value is -1.40. The molecule has 0 bridgehead atoms. The maximum atomic E-state index is 13.0. The molecule has 22 heavy (non-hydrogen) atoms. The number of rotatable bonds is 4. The van der Waals surface area contributed by atoms with Crippen LogP contribution in [0.25, 0.3) is 0 Å². The fraction of sp³-hybridized carbons (Fsp3) is 0.562. The molecule has 1 heterocycles. The molecule has 0 amide bonds. The maximum Gasteiger partial charge on any atom is 0.243 e. The van der Waals surface area contributed by atoms with Crippen molar-refractivity contribution in [3.63, 3.8) is 0 Å². The van der Waals surface area contributed by atoms with E-state index in [0.717, 1.165) is 12.8 Å². The van der Waals surface area contributed by atoms with E-state index in [1.807, 2.05) is 0 Å². The molecular formula is C16H21NO4S. The largest absolute Gasteiger partial charge is 0.497 e. The average Bonchev–Trinajstić information content (AvgIpc) is 3.31. The molecule has 1 atom stereocenters. The SMILES string of the molecule is COc1ccc(S(=O)(=O)N2CCC(=O)C[C@H]2C2CC2)c(C)c1. The van der Waals surface area contributed by atoms with Crippen molar-refractivity contribution in [2.45, 2.75) is 43.5 Å². The van der Waals surface area contributed by atoms with Gasteiger partial charge in [-0.25, -0.2) is 8.42 Å². The Balaban J connectivity index is 1.96. The van der Waals surface area contributed by atoms with Gasteiger partial charge in [-0.2, -0.15) is 4.31 Å². The summed E-state index contributed by atoms with van der Waals surface area (Å²) in [7, 11) is -2.01. The third-order valence-corrected chi connectivity index (χ3v) is 6.64. The Morgan fingerprint density at radius 2 is 2.00 bits per heavy atom. The van der Waals surface area contributed by atoms with Gasteiger partial charge in [-0.05, 0) is 49.4 Å². The van der Waals surface area contributed by atoms with E-state index < -0.39 is 10.0 Å². The minimum Gasteiger partial charge on any atom is -0.497 e. The third-order valence-electron chi connectivity index (χ3n) is 4.55. The number of benzene rings is 1. The molecular weight excluding hydrogens is 302 g/mol. The third kappa shape index (κ3) is 2.77. The zero-order valence-corrected chi connectivity index (χ0v) is 13.7. The van der Waals surface area contributed by atoms with Crippen molar-refractivity contribution in [2.24, 2.45) is 5.92 Å². The molecule has 1 saturated carbocycles. The van der Waals surface area contributed by atoms with Gasteiger partial charge in [0.2, 0.25) is 10.0 Å². The Labute approximate surface area is 131 Å². The predicted octanol–water partition coefficient (Wildman–Crippen LogP) is 2.14. The zero-order chi connectivity index (χ0) is 15.9. The van der Waals surface area contributed by atoms with Gasteiger partial charge in [0.15, 0.2) is 0 Å². The van der Waals surface area contributed by atoms with Crippen LogP contribution in [0.1, 0.15) is 31.2 Å². The average molecular weight is 323 g/mol. The van der Waals surface area contributed by atoms with Crippen LogP contribution in [0.5, 0.6) is 5.75 Å². The summed E-state index contributed by atoms with van der Waals surface area (Å²) in [5, 5.41) is 0. The summed E-state index contributed by atoms with van der Waals surface area (Å²) in [4.78, 5) is 12.0. The number of carbonyl (C=O) groups excluding carboxylic acids is 1. The molecule has 1 aromatic carbocycles. The van der Waals surface area contributed by atoms with Crippen LogP contribution in [-0.4, -0.2) is 38.2 Å². The van der Waals surface area contributed by atoms with Gasteiger partial charge in [0.25, 0.3) is 0 Å². The van der Waals surface area contributed by atoms with Crippen molar-refractivity contribution in [3.05, 3.63) is 23.8 Å².